The molecule has 2 heterocycles. The van der Waals surface area contributed by atoms with Crippen molar-refractivity contribution < 1.29 is 9.59 Å². The molecule has 0 aromatic heterocycles. The first-order chi connectivity index (χ1) is 15.4. The van der Waals surface area contributed by atoms with Crippen LogP contribution in [0.2, 0.25) is 5.02 Å². The summed E-state index contributed by atoms with van der Waals surface area (Å²) < 4.78 is 0. The van der Waals surface area contributed by atoms with Crippen LogP contribution >= 0.6 is 11.6 Å². The first-order valence-corrected chi connectivity index (χ1v) is 11.7. The van der Waals surface area contributed by atoms with Crippen LogP contribution in [0, 0.1) is 6.92 Å². The van der Waals surface area contributed by atoms with E-state index in [0.29, 0.717) is 17.3 Å². The van der Waals surface area contributed by atoms with Gasteiger partial charge in [-0.15, -0.1) is 0 Å². The smallest absolute Gasteiger partial charge is 0.313 e. The molecule has 2 aromatic rings. The normalized spacial score (nSPS) is 17.0. The lowest BCUT2D eigenvalue weighted by molar-refractivity contribution is -0.136. The zero-order chi connectivity index (χ0) is 22.7. The number of likely N-dealkylation sites (tertiary alicyclic amines) is 1. The van der Waals surface area contributed by atoms with Gasteiger partial charge in [0, 0.05) is 36.5 Å². The Morgan fingerprint density at radius 3 is 2.56 bits per heavy atom. The van der Waals surface area contributed by atoms with Crippen molar-refractivity contribution in [1.82, 2.24) is 10.2 Å². The maximum atomic E-state index is 12.5. The molecule has 0 bridgehead atoms. The van der Waals surface area contributed by atoms with Gasteiger partial charge in [-0.1, -0.05) is 29.8 Å². The first kappa shape index (κ1) is 22.6. The maximum Gasteiger partial charge on any atom is 0.313 e. The third-order valence-corrected chi connectivity index (χ3v) is 6.92. The zero-order valence-electron chi connectivity index (χ0n) is 18.8. The van der Waals surface area contributed by atoms with E-state index in [2.05, 4.69) is 45.7 Å². The van der Waals surface area contributed by atoms with Crippen LogP contribution in [0.5, 0.6) is 0 Å². The Morgan fingerprint density at radius 1 is 1.03 bits per heavy atom. The molecule has 6 nitrogen and oxygen atoms in total. The van der Waals surface area contributed by atoms with Gasteiger partial charge < -0.3 is 15.5 Å². The topological polar surface area (TPSA) is 64.7 Å². The fraction of sp³-hybridized carbons (Fsp3) is 0.440. The van der Waals surface area contributed by atoms with Crippen molar-refractivity contribution in [3.8, 4) is 0 Å². The van der Waals surface area contributed by atoms with Crippen LogP contribution in [0.3, 0.4) is 0 Å². The molecule has 4 rings (SSSR count). The van der Waals surface area contributed by atoms with Gasteiger partial charge in [-0.25, -0.2) is 0 Å². The number of hydrogen-bond donors (Lipinski definition) is 2. The van der Waals surface area contributed by atoms with E-state index in [9.17, 15) is 9.59 Å². The predicted molar refractivity (Wildman–Crippen MR) is 129 cm³/mol. The summed E-state index contributed by atoms with van der Waals surface area (Å²) in [6, 6.07) is 11.9. The number of hydrogen-bond acceptors (Lipinski definition) is 4. The van der Waals surface area contributed by atoms with Crippen LogP contribution in [0.1, 0.15) is 42.0 Å². The fourth-order valence-electron chi connectivity index (χ4n) is 4.65. The molecule has 1 saturated heterocycles. The third-order valence-electron chi connectivity index (χ3n) is 6.51. The Kier molecular flexibility index (Phi) is 7.01. The van der Waals surface area contributed by atoms with Crippen LogP contribution < -0.4 is 15.5 Å². The highest BCUT2D eigenvalue weighted by Crippen LogP contribution is 2.32. The molecule has 2 N–H and O–H groups in total. The molecule has 2 aromatic carbocycles. The summed E-state index contributed by atoms with van der Waals surface area (Å²) >= 11 is 6.12. The molecule has 0 saturated carbocycles. The summed E-state index contributed by atoms with van der Waals surface area (Å²) in [5.74, 6) is -1.32. The SMILES string of the molecule is Cc1ccc(NC(=O)C(=O)NCC(c2ccc3c(c2)CCCN3C)N2CCCC2)cc1Cl. The van der Waals surface area contributed by atoms with Gasteiger partial charge in [0.15, 0.2) is 0 Å². The number of benzene rings is 2. The van der Waals surface area contributed by atoms with Gasteiger partial charge in [0.1, 0.15) is 0 Å². The van der Waals surface area contributed by atoms with E-state index in [1.807, 2.05) is 13.0 Å². The lowest BCUT2D eigenvalue weighted by Crippen LogP contribution is -2.41. The van der Waals surface area contributed by atoms with Crippen LogP contribution in [0.4, 0.5) is 11.4 Å². The summed E-state index contributed by atoms with van der Waals surface area (Å²) in [5.41, 5.74) is 5.28. The second-order valence-electron chi connectivity index (χ2n) is 8.80. The van der Waals surface area contributed by atoms with Crippen molar-refractivity contribution in [2.75, 3.05) is 43.4 Å². The number of carbonyl (C=O) groups is 2. The monoisotopic (exact) mass is 454 g/mol. The van der Waals surface area contributed by atoms with E-state index in [1.165, 1.54) is 16.8 Å². The van der Waals surface area contributed by atoms with Gasteiger partial charge in [0.05, 0.1) is 6.04 Å². The largest absolute Gasteiger partial charge is 0.374 e. The van der Waals surface area contributed by atoms with Gasteiger partial charge >= 0.3 is 11.8 Å². The lowest BCUT2D eigenvalue weighted by Gasteiger charge is -2.31. The minimum atomic E-state index is -0.683. The fourth-order valence-corrected chi connectivity index (χ4v) is 4.83. The minimum Gasteiger partial charge on any atom is -0.374 e. The molecule has 1 unspecified atom stereocenters. The average Bonchev–Trinajstić information content (AvgIpc) is 3.31. The van der Waals surface area contributed by atoms with Gasteiger partial charge in [-0.2, -0.15) is 0 Å². The van der Waals surface area contributed by atoms with Gasteiger partial charge in [0.25, 0.3) is 0 Å². The highest BCUT2D eigenvalue weighted by molar-refractivity contribution is 6.39. The molecule has 0 spiro atoms. The number of amides is 2. The van der Waals surface area contributed by atoms with E-state index in [4.69, 9.17) is 11.6 Å². The van der Waals surface area contributed by atoms with Crippen molar-refractivity contribution >= 4 is 34.8 Å². The average molecular weight is 455 g/mol. The standard InChI is InChI=1S/C25H31ClN4O2/c1-17-7-9-20(15-21(17)26)28-25(32)24(31)27-16-23(30-12-3-4-13-30)19-8-10-22-18(14-19)6-5-11-29(22)2/h7-10,14-15,23H,3-6,11-13,16H2,1-2H3,(H,27,31)(H,28,32). The molecule has 0 radical (unpaired) electrons. The van der Waals surface area contributed by atoms with E-state index < -0.39 is 11.8 Å². The van der Waals surface area contributed by atoms with E-state index in [1.54, 1.807) is 12.1 Å². The predicted octanol–water partition coefficient (Wildman–Crippen LogP) is 3.92. The van der Waals surface area contributed by atoms with E-state index in [-0.39, 0.29) is 6.04 Å². The highest BCUT2D eigenvalue weighted by Gasteiger charge is 2.26. The number of fused-ring (bicyclic) bond motifs is 1. The van der Waals surface area contributed by atoms with Crippen molar-refractivity contribution in [2.45, 2.75) is 38.6 Å². The highest BCUT2D eigenvalue weighted by atomic mass is 35.5. The Bertz CT molecular complexity index is 1000. The molecular formula is C25H31ClN4O2. The van der Waals surface area contributed by atoms with Crippen LogP contribution in [-0.4, -0.2) is 49.9 Å². The molecule has 0 aliphatic carbocycles. The lowest BCUT2D eigenvalue weighted by atomic mass is 9.96. The molecule has 2 aliphatic rings. The Balaban J connectivity index is 1.44. The van der Waals surface area contributed by atoms with Crippen LogP contribution in [0.15, 0.2) is 36.4 Å². The number of nitrogens with zero attached hydrogens (tertiary/aromatic N) is 2. The van der Waals surface area contributed by atoms with Gasteiger partial charge in [-0.05, 0) is 80.6 Å². The van der Waals surface area contributed by atoms with Crippen molar-refractivity contribution in [2.24, 2.45) is 0 Å². The van der Waals surface area contributed by atoms with E-state index in [0.717, 1.165) is 50.9 Å². The number of rotatable bonds is 5. The van der Waals surface area contributed by atoms with Crippen LogP contribution in [-0.2, 0) is 16.0 Å². The second kappa shape index (κ2) is 9.92. The molecule has 32 heavy (non-hydrogen) atoms. The zero-order valence-corrected chi connectivity index (χ0v) is 19.5. The summed E-state index contributed by atoms with van der Waals surface area (Å²) in [6.07, 6.45) is 4.55. The summed E-state index contributed by atoms with van der Waals surface area (Å²) in [4.78, 5) is 29.7. The first-order valence-electron chi connectivity index (χ1n) is 11.4. The number of aryl methyl sites for hydroxylation is 2. The molecule has 170 valence electrons. The molecule has 1 fully saturated rings. The third kappa shape index (κ3) is 5.08. The Morgan fingerprint density at radius 2 is 1.81 bits per heavy atom. The molecule has 2 aliphatic heterocycles. The van der Waals surface area contributed by atoms with Crippen LogP contribution in [0.25, 0.3) is 0 Å². The molecule has 7 heteroatoms. The maximum absolute atomic E-state index is 12.5. The number of nitrogens with one attached hydrogen (secondary N) is 2. The molecular weight excluding hydrogens is 424 g/mol. The number of halogens is 1. The number of carbonyl (C=O) groups excluding carboxylic acids is 2. The summed E-state index contributed by atoms with van der Waals surface area (Å²) in [5, 5.41) is 6.04. The van der Waals surface area contributed by atoms with E-state index >= 15 is 0 Å². The van der Waals surface area contributed by atoms with Crippen molar-refractivity contribution in [3.05, 3.63) is 58.1 Å². The van der Waals surface area contributed by atoms with Crippen molar-refractivity contribution in [3.63, 3.8) is 0 Å². The van der Waals surface area contributed by atoms with Gasteiger partial charge in [-0.3, -0.25) is 14.5 Å². The van der Waals surface area contributed by atoms with Gasteiger partial charge in [0.2, 0.25) is 0 Å². The quantitative estimate of drug-likeness (QED) is 0.672. The molecule has 2 amide bonds. The Labute approximate surface area is 194 Å². The second-order valence-corrected chi connectivity index (χ2v) is 9.21. The molecule has 1 atom stereocenters. The summed E-state index contributed by atoms with van der Waals surface area (Å²) in [7, 11) is 2.13. The summed E-state index contributed by atoms with van der Waals surface area (Å²) in [6.45, 7) is 5.38. The number of anilines is 2. The van der Waals surface area contributed by atoms with Crippen molar-refractivity contribution in [1.29, 1.82) is 0 Å². The minimum absolute atomic E-state index is 0.0561. The Hall–Kier alpha value is -2.57.